The summed E-state index contributed by atoms with van der Waals surface area (Å²) < 4.78 is 13.2. The fraction of sp³-hybridized carbons (Fsp3) is 0.0667. The molecule has 0 spiro atoms. The highest BCUT2D eigenvalue weighted by molar-refractivity contribution is 6.30. The smallest absolute Gasteiger partial charge is 0.248 e. The Hall–Kier alpha value is -2.80. The second-order valence-corrected chi connectivity index (χ2v) is 5.15. The van der Waals surface area contributed by atoms with E-state index in [4.69, 9.17) is 11.6 Å². The summed E-state index contributed by atoms with van der Waals surface area (Å²) in [6.07, 6.45) is 0. The molecular weight excluding hydrogens is 321 g/mol. The zero-order valence-corrected chi connectivity index (χ0v) is 12.5. The minimum Gasteiger partial charge on any atom is -0.324 e. The summed E-state index contributed by atoms with van der Waals surface area (Å²) in [5.41, 5.74) is 1.07. The summed E-state index contributed by atoms with van der Waals surface area (Å²) >= 11 is 5.85. The van der Waals surface area contributed by atoms with Gasteiger partial charge in [-0.25, -0.2) is 4.39 Å². The maximum Gasteiger partial charge on any atom is 0.248 e. The Kier molecular flexibility index (Phi) is 4.29. The quantitative estimate of drug-likeness (QED) is 0.798. The number of rotatable bonds is 4. The standard InChI is InChI=1S/C15H11ClFN5O/c16-11-4-2-6-13(8-11)18-14(23)9-22-20-15(19-21-22)10-3-1-5-12(17)7-10/h1-8H,9H2,(H,18,23). The van der Waals surface area contributed by atoms with Crippen molar-refractivity contribution in [2.24, 2.45) is 0 Å². The molecule has 1 amide bonds. The fourth-order valence-electron chi connectivity index (χ4n) is 1.95. The number of anilines is 1. The second-order valence-electron chi connectivity index (χ2n) is 4.71. The lowest BCUT2D eigenvalue weighted by molar-refractivity contribution is -0.117. The van der Waals surface area contributed by atoms with Gasteiger partial charge in [0.25, 0.3) is 0 Å². The normalized spacial score (nSPS) is 10.5. The molecule has 0 bridgehead atoms. The molecule has 0 saturated heterocycles. The van der Waals surface area contributed by atoms with Gasteiger partial charge in [0.05, 0.1) is 0 Å². The number of aromatic nitrogens is 4. The molecule has 0 aliphatic carbocycles. The molecule has 1 aromatic heterocycles. The third-order valence-electron chi connectivity index (χ3n) is 2.93. The zero-order valence-electron chi connectivity index (χ0n) is 11.8. The summed E-state index contributed by atoms with van der Waals surface area (Å²) in [5.74, 6) is -0.465. The van der Waals surface area contributed by atoms with Crippen LogP contribution in [-0.4, -0.2) is 26.1 Å². The number of carbonyl (C=O) groups is 1. The lowest BCUT2D eigenvalue weighted by atomic mass is 10.2. The highest BCUT2D eigenvalue weighted by Gasteiger charge is 2.10. The van der Waals surface area contributed by atoms with Crippen LogP contribution in [0, 0.1) is 5.82 Å². The van der Waals surface area contributed by atoms with E-state index in [9.17, 15) is 9.18 Å². The van der Waals surface area contributed by atoms with Crippen LogP contribution >= 0.6 is 11.6 Å². The van der Waals surface area contributed by atoms with Crippen LogP contribution in [0.4, 0.5) is 10.1 Å². The minimum absolute atomic E-state index is 0.116. The number of amides is 1. The van der Waals surface area contributed by atoms with Gasteiger partial charge in [0.1, 0.15) is 12.4 Å². The molecule has 0 fully saturated rings. The van der Waals surface area contributed by atoms with Crippen molar-refractivity contribution in [1.29, 1.82) is 0 Å². The van der Waals surface area contributed by atoms with Crippen LogP contribution in [0.5, 0.6) is 0 Å². The first-order valence-electron chi connectivity index (χ1n) is 6.69. The summed E-state index contributed by atoms with van der Waals surface area (Å²) in [7, 11) is 0. The number of benzene rings is 2. The number of tetrazole rings is 1. The SMILES string of the molecule is O=C(Cn1nnc(-c2cccc(F)c2)n1)Nc1cccc(Cl)c1. The van der Waals surface area contributed by atoms with Crippen LogP contribution in [0.15, 0.2) is 48.5 Å². The van der Waals surface area contributed by atoms with Gasteiger partial charge in [-0.3, -0.25) is 4.79 Å². The zero-order chi connectivity index (χ0) is 16.2. The van der Waals surface area contributed by atoms with Crippen molar-refractivity contribution < 1.29 is 9.18 Å². The fourth-order valence-corrected chi connectivity index (χ4v) is 2.14. The van der Waals surface area contributed by atoms with E-state index in [0.717, 1.165) is 4.80 Å². The molecule has 0 aliphatic heterocycles. The van der Waals surface area contributed by atoms with E-state index in [0.29, 0.717) is 16.3 Å². The molecule has 23 heavy (non-hydrogen) atoms. The van der Waals surface area contributed by atoms with E-state index >= 15 is 0 Å². The monoisotopic (exact) mass is 331 g/mol. The number of nitrogens with one attached hydrogen (secondary N) is 1. The Morgan fingerprint density at radius 1 is 1.22 bits per heavy atom. The van der Waals surface area contributed by atoms with Crippen molar-refractivity contribution in [3.8, 4) is 11.4 Å². The van der Waals surface area contributed by atoms with Crippen LogP contribution in [0.2, 0.25) is 5.02 Å². The molecule has 3 aromatic rings. The molecule has 0 aliphatic rings. The van der Waals surface area contributed by atoms with E-state index in [1.54, 1.807) is 36.4 Å². The van der Waals surface area contributed by atoms with Gasteiger partial charge in [-0.15, -0.1) is 10.2 Å². The summed E-state index contributed by atoms with van der Waals surface area (Å²) in [4.78, 5) is 13.1. The van der Waals surface area contributed by atoms with Crippen LogP contribution in [0.3, 0.4) is 0 Å². The summed E-state index contributed by atoms with van der Waals surface area (Å²) in [5, 5.41) is 14.9. The highest BCUT2D eigenvalue weighted by Crippen LogP contribution is 2.16. The first-order valence-corrected chi connectivity index (χ1v) is 7.07. The van der Waals surface area contributed by atoms with Crippen molar-refractivity contribution in [2.75, 3.05) is 5.32 Å². The molecule has 0 unspecified atom stereocenters. The molecule has 116 valence electrons. The molecule has 2 aromatic carbocycles. The Labute approximate surface area is 135 Å². The number of hydrogen-bond acceptors (Lipinski definition) is 4. The Morgan fingerprint density at radius 2 is 2.04 bits per heavy atom. The average Bonchev–Trinajstić information content (AvgIpc) is 2.95. The largest absolute Gasteiger partial charge is 0.324 e. The third kappa shape index (κ3) is 3.89. The lowest BCUT2D eigenvalue weighted by Crippen LogP contribution is -2.20. The maximum atomic E-state index is 13.2. The van der Waals surface area contributed by atoms with E-state index < -0.39 is 5.82 Å². The molecule has 1 N–H and O–H groups in total. The number of nitrogens with zero attached hydrogens (tertiary/aromatic N) is 4. The molecule has 8 heteroatoms. The topological polar surface area (TPSA) is 72.7 Å². The van der Waals surface area contributed by atoms with Gasteiger partial charge in [-0.2, -0.15) is 4.80 Å². The average molecular weight is 332 g/mol. The number of hydrogen-bond donors (Lipinski definition) is 1. The number of carbonyl (C=O) groups excluding carboxylic acids is 1. The summed E-state index contributed by atoms with van der Waals surface area (Å²) in [6, 6.07) is 12.6. The van der Waals surface area contributed by atoms with E-state index in [1.165, 1.54) is 12.1 Å². The predicted molar refractivity (Wildman–Crippen MR) is 83.3 cm³/mol. The van der Waals surface area contributed by atoms with E-state index in [1.807, 2.05) is 0 Å². The number of halogens is 2. The van der Waals surface area contributed by atoms with E-state index in [2.05, 4.69) is 20.7 Å². The highest BCUT2D eigenvalue weighted by atomic mass is 35.5. The molecule has 0 atom stereocenters. The van der Waals surface area contributed by atoms with Gasteiger partial charge >= 0.3 is 0 Å². The van der Waals surface area contributed by atoms with Crippen LogP contribution in [0.25, 0.3) is 11.4 Å². The lowest BCUT2D eigenvalue weighted by Gasteiger charge is -2.04. The van der Waals surface area contributed by atoms with Gasteiger partial charge in [-0.1, -0.05) is 29.8 Å². The maximum absolute atomic E-state index is 13.2. The van der Waals surface area contributed by atoms with Crippen molar-refractivity contribution in [2.45, 2.75) is 6.54 Å². The molecule has 3 rings (SSSR count). The molecule has 0 saturated carbocycles. The van der Waals surface area contributed by atoms with Crippen molar-refractivity contribution in [1.82, 2.24) is 20.2 Å². The van der Waals surface area contributed by atoms with Crippen LogP contribution in [0.1, 0.15) is 0 Å². The van der Waals surface area contributed by atoms with Crippen molar-refractivity contribution in [3.63, 3.8) is 0 Å². The third-order valence-corrected chi connectivity index (χ3v) is 3.16. The Bertz CT molecular complexity index is 851. The minimum atomic E-state index is -0.391. The van der Waals surface area contributed by atoms with Gasteiger partial charge in [0.2, 0.25) is 11.7 Å². The Balaban J connectivity index is 1.68. The van der Waals surface area contributed by atoms with Gasteiger partial charge in [0, 0.05) is 16.3 Å². The van der Waals surface area contributed by atoms with Crippen molar-refractivity contribution >= 4 is 23.2 Å². The first kappa shape index (κ1) is 15.1. The Morgan fingerprint density at radius 3 is 2.83 bits per heavy atom. The van der Waals surface area contributed by atoms with Crippen LogP contribution in [-0.2, 0) is 11.3 Å². The van der Waals surface area contributed by atoms with Gasteiger partial charge in [0.15, 0.2) is 0 Å². The van der Waals surface area contributed by atoms with Gasteiger partial charge in [-0.05, 0) is 35.5 Å². The van der Waals surface area contributed by atoms with Gasteiger partial charge < -0.3 is 5.32 Å². The molecule has 0 radical (unpaired) electrons. The molecule has 1 heterocycles. The second kappa shape index (κ2) is 6.53. The molecular formula is C15H11ClFN5O. The predicted octanol–water partition coefficient (Wildman–Crippen LogP) is 2.77. The summed E-state index contributed by atoms with van der Waals surface area (Å²) in [6.45, 7) is -0.116. The molecule has 6 nitrogen and oxygen atoms in total. The first-order chi connectivity index (χ1) is 11.1. The van der Waals surface area contributed by atoms with Crippen molar-refractivity contribution in [3.05, 3.63) is 59.4 Å². The van der Waals surface area contributed by atoms with E-state index in [-0.39, 0.29) is 18.3 Å². The van der Waals surface area contributed by atoms with Crippen LogP contribution < -0.4 is 5.32 Å².